The molecule has 0 radical (unpaired) electrons. The predicted octanol–water partition coefficient (Wildman–Crippen LogP) is 1.70. The molecule has 2 heterocycles. The van der Waals surface area contributed by atoms with Gasteiger partial charge in [-0.3, -0.25) is 19.2 Å². The summed E-state index contributed by atoms with van der Waals surface area (Å²) in [6.45, 7) is 0.0935. The maximum Gasteiger partial charge on any atom is 0.253 e. The van der Waals surface area contributed by atoms with Gasteiger partial charge in [-0.25, -0.2) is 4.68 Å². The van der Waals surface area contributed by atoms with Crippen LogP contribution in [0.5, 0.6) is 0 Å². The van der Waals surface area contributed by atoms with Gasteiger partial charge >= 0.3 is 0 Å². The summed E-state index contributed by atoms with van der Waals surface area (Å²) in [6, 6.07) is 18.1. The first kappa shape index (κ1) is 27.5. The van der Waals surface area contributed by atoms with Crippen LogP contribution in [0.2, 0.25) is 5.02 Å². The Hall–Kier alpha value is -5.10. The van der Waals surface area contributed by atoms with Crippen molar-refractivity contribution in [2.75, 3.05) is 18.4 Å². The van der Waals surface area contributed by atoms with Gasteiger partial charge in [-0.1, -0.05) is 41.9 Å². The molecule has 1 aliphatic rings. The highest BCUT2D eigenvalue weighted by atomic mass is 35.5. The molecule has 41 heavy (non-hydrogen) atoms. The lowest BCUT2D eigenvalue weighted by atomic mass is 10.0. The lowest BCUT2D eigenvalue weighted by Gasteiger charge is -2.19. The summed E-state index contributed by atoms with van der Waals surface area (Å²) in [7, 11) is 0. The van der Waals surface area contributed by atoms with Gasteiger partial charge < -0.3 is 21.3 Å². The second-order valence-electron chi connectivity index (χ2n) is 9.28. The first-order chi connectivity index (χ1) is 19.9. The fourth-order valence-corrected chi connectivity index (χ4v) is 4.63. The monoisotopic (exact) mass is 572 g/mol. The van der Waals surface area contributed by atoms with E-state index in [0.29, 0.717) is 11.4 Å². The number of carbonyl (C=O) groups is 4. The topological polar surface area (TPSA) is 160 Å². The molecule has 4 aromatic rings. The Labute approximate surface area is 239 Å². The molecule has 3 aromatic carbocycles. The molecule has 0 saturated heterocycles. The molecule has 13 heteroatoms. The van der Waals surface area contributed by atoms with Crippen molar-refractivity contribution >= 4 is 40.9 Å². The number of carbonyl (C=O) groups excluding carboxylic acids is 4. The van der Waals surface area contributed by atoms with Crippen LogP contribution in [0, 0.1) is 0 Å². The Morgan fingerprint density at radius 3 is 2.66 bits per heavy atom. The minimum atomic E-state index is -0.903. The SMILES string of the molecule is O=C1CNC(=O)c2ccc(C(=O)NC(Cc3ccccc3)C(=O)NCCc3cc(Cl)ccc3-n3cnnn3)cc2N1. The molecule has 5 rings (SSSR count). The van der Waals surface area contributed by atoms with Crippen molar-refractivity contribution in [3.8, 4) is 5.69 Å². The number of tetrazole rings is 1. The number of anilines is 1. The van der Waals surface area contributed by atoms with E-state index in [0.717, 1.165) is 16.8 Å². The summed E-state index contributed by atoms with van der Waals surface area (Å²) in [5, 5.41) is 22.6. The van der Waals surface area contributed by atoms with Gasteiger partial charge in [0.2, 0.25) is 11.8 Å². The first-order valence-corrected chi connectivity index (χ1v) is 13.1. The molecule has 4 amide bonds. The summed E-state index contributed by atoms with van der Waals surface area (Å²) in [4.78, 5) is 50.8. The minimum absolute atomic E-state index is 0.166. The van der Waals surface area contributed by atoms with Crippen molar-refractivity contribution in [1.82, 2.24) is 36.2 Å². The first-order valence-electron chi connectivity index (χ1n) is 12.7. The number of amides is 4. The molecule has 0 saturated carbocycles. The number of rotatable bonds is 9. The average Bonchev–Trinajstić information content (AvgIpc) is 3.46. The van der Waals surface area contributed by atoms with Gasteiger partial charge in [0.05, 0.1) is 23.5 Å². The van der Waals surface area contributed by atoms with E-state index < -0.39 is 23.8 Å². The number of fused-ring (bicyclic) bond motifs is 1. The summed E-state index contributed by atoms with van der Waals surface area (Å²) < 4.78 is 1.51. The number of halogens is 1. The molecule has 12 nitrogen and oxygen atoms in total. The lowest BCUT2D eigenvalue weighted by Crippen LogP contribution is -2.48. The van der Waals surface area contributed by atoms with Gasteiger partial charge in [0.15, 0.2) is 0 Å². The van der Waals surface area contributed by atoms with Gasteiger partial charge in [-0.05, 0) is 64.4 Å². The molecule has 0 fully saturated rings. The molecule has 1 atom stereocenters. The highest BCUT2D eigenvalue weighted by Crippen LogP contribution is 2.21. The van der Waals surface area contributed by atoms with Gasteiger partial charge in [0, 0.05) is 23.6 Å². The van der Waals surface area contributed by atoms with E-state index in [1.165, 1.54) is 29.2 Å². The van der Waals surface area contributed by atoms with Crippen LogP contribution >= 0.6 is 11.6 Å². The van der Waals surface area contributed by atoms with Crippen LogP contribution in [0.25, 0.3) is 5.69 Å². The Balaban J connectivity index is 1.30. The van der Waals surface area contributed by atoms with Crippen molar-refractivity contribution in [3.63, 3.8) is 0 Å². The fraction of sp³-hybridized carbons (Fsp3) is 0.179. The zero-order valence-electron chi connectivity index (χ0n) is 21.6. The second-order valence-corrected chi connectivity index (χ2v) is 9.71. The Morgan fingerprint density at radius 1 is 1.05 bits per heavy atom. The highest BCUT2D eigenvalue weighted by Gasteiger charge is 2.24. The van der Waals surface area contributed by atoms with Crippen LogP contribution < -0.4 is 21.3 Å². The third-order valence-electron chi connectivity index (χ3n) is 6.45. The van der Waals surface area contributed by atoms with Crippen LogP contribution in [0.4, 0.5) is 5.69 Å². The average molecular weight is 573 g/mol. The fourth-order valence-electron chi connectivity index (χ4n) is 4.43. The van der Waals surface area contributed by atoms with Gasteiger partial charge in [0.25, 0.3) is 11.8 Å². The van der Waals surface area contributed by atoms with Crippen molar-refractivity contribution in [3.05, 3.63) is 100 Å². The molecule has 0 aliphatic carbocycles. The number of nitrogens with one attached hydrogen (secondary N) is 4. The molecule has 0 spiro atoms. The van der Waals surface area contributed by atoms with Crippen LogP contribution in [0.1, 0.15) is 31.8 Å². The highest BCUT2D eigenvalue weighted by molar-refractivity contribution is 6.30. The Morgan fingerprint density at radius 2 is 1.88 bits per heavy atom. The quantitative estimate of drug-likeness (QED) is 0.237. The maximum atomic E-state index is 13.3. The Kier molecular flexibility index (Phi) is 8.30. The number of hydrogen-bond donors (Lipinski definition) is 4. The summed E-state index contributed by atoms with van der Waals surface area (Å²) in [6.07, 6.45) is 2.15. The predicted molar refractivity (Wildman–Crippen MR) is 150 cm³/mol. The van der Waals surface area contributed by atoms with Crippen LogP contribution in [-0.4, -0.2) is 63.0 Å². The third kappa shape index (κ3) is 6.73. The number of benzene rings is 3. The van der Waals surface area contributed by atoms with Crippen LogP contribution in [-0.2, 0) is 22.4 Å². The standard InChI is InChI=1S/C28H25ClN8O4/c29-20-7-9-24(37-16-32-35-36-37)18(13-20)10-11-30-28(41)23(12-17-4-2-1-3-5-17)34-26(39)19-6-8-21-22(14-19)33-25(38)15-31-27(21)40/h1-9,13-14,16,23H,10-12,15H2,(H,30,41)(H,31,40)(H,33,38)(H,34,39). The molecule has 208 valence electrons. The van der Waals surface area contributed by atoms with E-state index in [9.17, 15) is 19.2 Å². The van der Waals surface area contributed by atoms with Crippen molar-refractivity contribution < 1.29 is 19.2 Å². The van der Waals surface area contributed by atoms with Crippen LogP contribution in [0.3, 0.4) is 0 Å². The molecular weight excluding hydrogens is 548 g/mol. The molecular formula is C28H25ClN8O4. The van der Waals surface area contributed by atoms with E-state index in [1.807, 2.05) is 30.3 Å². The molecule has 1 aliphatic heterocycles. The van der Waals surface area contributed by atoms with E-state index >= 15 is 0 Å². The molecule has 4 N–H and O–H groups in total. The number of aromatic nitrogens is 4. The van der Waals surface area contributed by atoms with E-state index in [-0.39, 0.29) is 42.2 Å². The van der Waals surface area contributed by atoms with E-state index in [1.54, 1.807) is 18.2 Å². The largest absolute Gasteiger partial charge is 0.354 e. The summed E-state index contributed by atoms with van der Waals surface area (Å²) in [5.41, 5.74) is 3.07. The molecule has 1 aromatic heterocycles. The third-order valence-corrected chi connectivity index (χ3v) is 6.68. The Bertz CT molecular complexity index is 1590. The smallest absolute Gasteiger partial charge is 0.253 e. The van der Waals surface area contributed by atoms with Gasteiger partial charge in [0.1, 0.15) is 12.4 Å². The normalized spacial score (nSPS) is 13.3. The summed E-state index contributed by atoms with van der Waals surface area (Å²) in [5.74, 6) is -1.73. The lowest BCUT2D eigenvalue weighted by molar-refractivity contribution is -0.123. The van der Waals surface area contributed by atoms with E-state index in [4.69, 9.17) is 11.6 Å². The number of nitrogens with zero attached hydrogens (tertiary/aromatic N) is 4. The van der Waals surface area contributed by atoms with E-state index in [2.05, 4.69) is 36.8 Å². The van der Waals surface area contributed by atoms with Crippen molar-refractivity contribution in [1.29, 1.82) is 0 Å². The zero-order valence-corrected chi connectivity index (χ0v) is 22.4. The van der Waals surface area contributed by atoms with Crippen molar-refractivity contribution in [2.45, 2.75) is 18.9 Å². The van der Waals surface area contributed by atoms with Crippen LogP contribution in [0.15, 0.2) is 73.1 Å². The zero-order chi connectivity index (χ0) is 28.8. The minimum Gasteiger partial charge on any atom is -0.354 e. The van der Waals surface area contributed by atoms with Gasteiger partial charge in [-0.2, -0.15) is 0 Å². The second kappa shape index (κ2) is 12.4. The number of hydrogen-bond acceptors (Lipinski definition) is 7. The molecule has 1 unspecified atom stereocenters. The summed E-state index contributed by atoms with van der Waals surface area (Å²) >= 11 is 6.20. The van der Waals surface area contributed by atoms with Crippen molar-refractivity contribution in [2.24, 2.45) is 0 Å². The maximum absolute atomic E-state index is 13.3. The molecule has 0 bridgehead atoms. The van der Waals surface area contributed by atoms with Gasteiger partial charge in [-0.15, -0.1) is 5.10 Å².